The van der Waals surface area contributed by atoms with Crippen molar-refractivity contribution in [2.24, 2.45) is 5.92 Å². The highest BCUT2D eigenvalue weighted by Crippen LogP contribution is 2.07. The highest BCUT2D eigenvalue weighted by atomic mass is 16.1. The molecule has 0 amide bonds. The fourth-order valence-corrected chi connectivity index (χ4v) is 0.828. The summed E-state index contributed by atoms with van der Waals surface area (Å²) in [4.78, 5) is 9.92. The molecule has 52 valence electrons. The maximum atomic E-state index is 9.92. The summed E-state index contributed by atoms with van der Waals surface area (Å²) in [5.41, 5.74) is 1.17. The van der Waals surface area contributed by atoms with E-state index < -0.39 is 0 Å². The Morgan fingerprint density at radius 3 is 2.44 bits per heavy atom. The maximum Gasteiger partial charge on any atom is 0.142 e. The van der Waals surface area contributed by atoms with Gasteiger partial charge >= 0.3 is 0 Å². The van der Waals surface area contributed by atoms with Gasteiger partial charge in [0.05, 0.1) is 0 Å². The van der Waals surface area contributed by atoms with Crippen LogP contribution >= 0.6 is 0 Å². The fourth-order valence-electron chi connectivity index (χ4n) is 0.828. The van der Waals surface area contributed by atoms with Gasteiger partial charge in [-0.3, -0.25) is 4.79 Å². The van der Waals surface area contributed by atoms with Crippen LogP contribution < -0.4 is 0 Å². The van der Waals surface area contributed by atoms with Crippen LogP contribution in [0.15, 0.2) is 11.6 Å². The van der Waals surface area contributed by atoms with E-state index in [0.29, 0.717) is 5.92 Å². The number of aldehydes is 1. The van der Waals surface area contributed by atoms with E-state index in [9.17, 15) is 4.79 Å². The van der Waals surface area contributed by atoms with E-state index in [2.05, 4.69) is 13.8 Å². The van der Waals surface area contributed by atoms with Crippen LogP contribution in [0.4, 0.5) is 0 Å². The van der Waals surface area contributed by atoms with Crippen molar-refractivity contribution in [1.29, 1.82) is 0 Å². The molecule has 1 nitrogen and oxygen atoms in total. The van der Waals surface area contributed by atoms with Crippen molar-refractivity contribution in [3.8, 4) is 0 Å². The van der Waals surface area contributed by atoms with E-state index in [-0.39, 0.29) is 0 Å². The molecule has 0 aromatic heterocycles. The van der Waals surface area contributed by atoms with Crippen molar-refractivity contribution in [1.82, 2.24) is 0 Å². The van der Waals surface area contributed by atoms with Crippen molar-refractivity contribution >= 4 is 6.29 Å². The van der Waals surface area contributed by atoms with Crippen molar-refractivity contribution in [2.45, 2.75) is 27.2 Å². The third-order valence-corrected chi connectivity index (χ3v) is 1.08. The molecule has 1 heteroatoms. The second-order valence-corrected chi connectivity index (χ2v) is 2.75. The Kier molecular flexibility index (Phi) is 4.02. The Balaban J connectivity index is 3.61. The highest BCUT2D eigenvalue weighted by molar-refractivity contribution is 5.65. The summed E-state index contributed by atoms with van der Waals surface area (Å²) >= 11 is 0. The van der Waals surface area contributed by atoms with Crippen LogP contribution in [0, 0.1) is 5.92 Å². The highest BCUT2D eigenvalue weighted by Gasteiger charge is 1.93. The standard InChI is InChI=1S/C8H14O/c1-7(2)6-8(3)4-5-9/h4-5,7H,6H2,1-3H3/b8-4+. The summed E-state index contributed by atoms with van der Waals surface area (Å²) < 4.78 is 0. The van der Waals surface area contributed by atoms with Crippen LogP contribution in [0.5, 0.6) is 0 Å². The fraction of sp³-hybridized carbons (Fsp3) is 0.625. The molecule has 0 aromatic rings. The van der Waals surface area contributed by atoms with E-state index >= 15 is 0 Å². The molecular weight excluding hydrogens is 112 g/mol. The first kappa shape index (κ1) is 8.41. The molecule has 0 aliphatic rings. The van der Waals surface area contributed by atoms with Gasteiger partial charge in [0.25, 0.3) is 0 Å². The molecule has 0 saturated heterocycles. The smallest absolute Gasteiger partial charge is 0.142 e. The first-order valence-corrected chi connectivity index (χ1v) is 3.27. The predicted molar refractivity (Wildman–Crippen MR) is 39.3 cm³/mol. The molecule has 0 saturated carbocycles. The van der Waals surface area contributed by atoms with E-state index in [1.807, 2.05) is 6.92 Å². The SMILES string of the molecule is C/C(=C\C=O)CC(C)C. The van der Waals surface area contributed by atoms with E-state index in [4.69, 9.17) is 0 Å². The molecule has 0 fully saturated rings. The minimum absolute atomic E-state index is 0.654. The topological polar surface area (TPSA) is 17.1 Å². The van der Waals surface area contributed by atoms with Gasteiger partial charge in [0.15, 0.2) is 0 Å². The predicted octanol–water partition coefficient (Wildman–Crippen LogP) is 2.18. The molecule has 9 heavy (non-hydrogen) atoms. The van der Waals surface area contributed by atoms with Gasteiger partial charge < -0.3 is 0 Å². The molecule has 0 spiro atoms. The van der Waals surface area contributed by atoms with Crippen LogP contribution in [0.3, 0.4) is 0 Å². The first-order valence-electron chi connectivity index (χ1n) is 3.27. The van der Waals surface area contributed by atoms with Crippen molar-refractivity contribution in [3.05, 3.63) is 11.6 Å². The Hall–Kier alpha value is -0.590. The zero-order valence-corrected chi connectivity index (χ0v) is 6.35. The number of allylic oxidation sites excluding steroid dienone is 2. The average molecular weight is 126 g/mol. The van der Waals surface area contributed by atoms with Gasteiger partial charge in [0, 0.05) is 0 Å². The maximum absolute atomic E-state index is 9.92. The van der Waals surface area contributed by atoms with Gasteiger partial charge in [0.2, 0.25) is 0 Å². The van der Waals surface area contributed by atoms with Crippen LogP contribution in [-0.2, 0) is 4.79 Å². The summed E-state index contributed by atoms with van der Waals surface area (Å²) in [6, 6.07) is 0. The Morgan fingerprint density at radius 1 is 1.56 bits per heavy atom. The molecule has 0 heterocycles. The number of rotatable bonds is 3. The van der Waals surface area contributed by atoms with Crippen molar-refractivity contribution < 1.29 is 4.79 Å². The minimum Gasteiger partial charge on any atom is -0.299 e. The summed E-state index contributed by atoms with van der Waals surface area (Å²) in [6.45, 7) is 6.26. The van der Waals surface area contributed by atoms with Gasteiger partial charge in [0.1, 0.15) is 6.29 Å². The van der Waals surface area contributed by atoms with Crippen molar-refractivity contribution in [3.63, 3.8) is 0 Å². The summed E-state index contributed by atoms with van der Waals surface area (Å²) in [7, 11) is 0. The molecular formula is C8H14O. The van der Waals surface area contributed by atoms with Gasteiger partial charge in [-0.05, 0) is 25.3 Å². The van der Waals surface area contributed by atoms with Gasteiger partial charge in [-0.25, -0.2) is 0 Å². The monoisotopic (exact) mass is 126 g/mol. The molecule has 0 unspecified atom stereocenters. The lowest BCUT2D eigenvalue weighted by atomic mass is 10.0. The summed E-state index contributed by atoms with van der Waals surface area (Å²) in [5.74, 6) is 0.654. The second-order valence-electron chi connectivity index (χ2n) is 2.75. The van der Waals surface area contributed by atoms with Crippen LogP contribution in [-0.4, -0.2) is 6.29 Å². The second kappa shape index (κ2) is 4.30. The number of hydrogen-bond donors (Lipinski definition) is 0. The molecule has 0 bridgehead atoms. The molecule has 0 aromatic carbocycles. The molecule has 0 N–H and O–H groups in total. The van der Waals surface area contributed by atoms with Crippen LogP contribution in [0.25, 0.3) is 0 Å². The summed E-state index contributed by atoms with van der Waals surface area (Å²) in [6.07, 6.45) is 3.50. The van der Waals surface area contributed by atoms with Crippen LogP contribution in [0.1, 0.15) is 27.2 Å². The molecule has 0 radical (unpaired) electrons. The quantitative estimate of drug-likeness (QED) is 0.418. The Bertz CT molecular complexity index is 112. The lowest BCUT2D eigenvalue weighted by Crippen LogP contribution is -1.87. The van der Waals surface area contributed by atoms with Crippen molar-refractivity contribution in [2.75, 3.05) is 0 Å². The third kappa shape index (κ3) is 5.28. The molecule has 0 aliphatic heterocycles. The Labute approximate surface area is 56.8 Å². The largest absolute Gasteiger partial charge is 0.299 e. The lowest BCUT2D eigenvalue weighted by Gasteiger charge is -2.01. The molecule has 0 atom stereocenters. The Morgan fingerprint density at radius 2 is 2.11 bits per heavy atom. The van der Waals surface area contributed by atoms with Gasteiger partial charge in [-0.2, -0.15) is 0 Å². The molecule has 0 rings (SSSR count). The van der Waals surface area contributed by atoms with E-state index in [1.54, 1.807) is 6.08 Å². The van der Waals surface area contributed by atoms with E-state index in [1.165, 1.54) is 5.57 Å². The number of carbonyl (C=O) groups excluding carboxylic acids is 1. The first-order chi connectivity index (χ1) is 4.16. The van der Waals surface area contributed by atoms with Crippen LogP contribution in [0.2, 0.25) is 0 Å². The zero-order chi connectivity index (χ0) is 7.28. The van der Waals surface area contributed by atoms with Gasteiger partial charge in [-0.1, -0.05) is 19.4 Å². The van der Waals surface area contributed by atoms with Gasteiger partial charge in [-0.15, -0.1) is 0 Å². The average Bonchev–Trinajstić information content (AvgIpc) is 1.63. The number of carbonyl (C=O) groups is 1. The van der Waals surface area contributed by atoms with E-state index in [0.717, 1.165) is 12.7 Å². The molecule has 0 aliphatic carbocycles. The number of hydrogen-bond acceptors (Lipinski definition) is 1. The normalized spacial score (nSPS) is 12.2. The summed E-state index contributed by atoms with van der Waals surface area (Å²) in [5, 5.41) is 0. The minimum atomic E-state index is 0.654. The zero-order valence-electron chi connectivity index (χ0n) is 6.35. The lowest BCUT2D eigenvalue weighted by molar-refractivity contribution is -0.104. The third-order valence-electron chi connectivity index (χ3n) is 1.08.